The molecule has 7 nitrogen and oxygen atoms in total. The van der Waals surface area contributed by atoms with Crippen molar-refractivity contribution in [3.63, 3.8) is 0 Å². The number of carbonyl (C=O) groups excluding carboxylic acids is 1. The van der Waals surface area contributed by atoms with E-state index in [2.05, 4.69) is 16.0 Å². The summed E-state index contributed by atoms with van der Waals surface area (Å²) in [7, 11) is -2.60. The largest absolute Gasteiger partial charge is 0.286 e. The minimum atomic E-state index is -2.60. The highest BCUT2D eigenvalue weighted by molar-refractivity contribution is 7.99. The van der Waals surface area contributed by atoms with Crippen molar-refractivity contribution in [2.75, 3.05) is 13.1 Å². The van der Waals surface area contributed by atoms with Gasteiger partial charge in [0, 0.05) is 55.8 Å². The first-order chi connectivity index (χ1) is 18.7. The van der Waals surface area contributed by atoms with Gasteiger partial charge in [-0.1, -0.05) is 66.2 Å². The maximum Gasteiger partial charge on any atom is 0.286 e. The lowest BCUT2D eigenvalue weighted by Gasteiger charge is -2.26. The van der Waals surface area contributed by atoms with Crippen LogP contribution in [0.2, 0.25) is 15.1 Å². The standard InChI is InChI=1S/C28H32Cl3N5O2S/c1-39(38,22-7-3-4-8-22)32-18-23-26(28(37)34-35-15-5-2-6-16-35)33-36(25-14-13-21(30)17-24(25)31)27(23)19-9-11-20(29)12-10-19/h9-14,17,22H,1-8,15-16,18H2,(H,32,38)(H,34,37). The SMILES string of the molecule is C=S(=O)(NCc1c(C(=O)NN2CCCCC2)nn(-c2ccc(Cl)cc2Cl)c1-c1ccc(Cl)cc1)C1CCCC1. The molecule has 2 fully saturated rings. The zero-order valence-electron chi connectivity index (χ0n) is 21.6. The molecule has 208 valence electrons. The second-order valence-electron chi connectivity index (χ2n) is 10.1. The van der Waals surface area contributed by atoms with Crippen molar-refractivity contribution >= 4 is 56.3 Å². The van der Waals surface area contributed by atoms with E-state index in [4.69, 9.17) is 39.9 Å². The fraction of sp³-hybridized carbons (Fsp3) is 0.393. The van der Waals surface area contributed by atoms with Crippen LogP contribution in [0.15, 0.2) is 42.5 Å². The monoisotopic (exact) mass is 607 g/mol. The Labute approximate surface area is 244 Å². The van der Waals surface area contributed by atoms with Gasteiger partial charge in [0.05, 0.1) is 16.4 Å². The van der Waals surface area contributed by atoms with Gasteiger partial charge >= 0.3 is 0 Å². The van der Waals surface area contributed by atoms with Crippen LogP contribution in [0, 0.1) is 0 Å². The number of hydrogen-bond donors (Lipinski definition) is 2. The van der Waals surface area contributed by atoms with Gasteiger partial charge in [-0.15, -0.1) is 0 Å². The zero-order chi connectivity index (χ0) is 27.6. The van der Waals surface area contributed by atoms with Gasteiger partial charge in [-0.25, -0.2) is 14.4 Å². The molecule has 2 N–H and O–H groups in total. The topological polar surface area (TPSA) is 79.3 Å². The molecular weight excluding hydrogens is 577 g/mol. The summed E-state index contributed by atoms with van der Waals surface area (Å²) in [6, 6.07) is 12.4. The summed E-state index contributed by atoms with van der Waals surface area (Å²) in [5, 5.41) is 8.19. The average molecular weight is 609 g/mol. The van der Waals surface area contributed by atoms with Gasteiger partial charge in [-0.05, 0) is 61.9 Å². The van der Waals surface area contributed by atoms with E-state index in [1.54, 1.807) is 35.0 Å². The number of aromatic nitrogens is 2. The molecule has 1 aliphatic heterocycles. The number of benzene rings is 2. The number of halogens is 3. The van der Waals surface area contributed by atoms with Crippen molar-refractivity contribution in [1.29, 1.82) is 0 Å². The fourth-order valence-electron chi connectivity index (χ4n) is 5.32. The van der Waals surface area contributed by atoms with Gasteiger partial charge in [-0.3, -0.25) is 14.4 Å². The van der Waals surface area contributed by atoms with Crippen LogP contribution in [0.25, 0.3) is 16.9 Å². The Morgan fingerprint density at radius 3 is 2.31 bits per heavy atom. The molecule has 2 aromatic carbocycles. The van der Waals surface area contributed by atoms with E-state index in [-0.39, 0.29) is 23.4 Å². The highest BCUT2D eigenvalue weighted by Crippen LogP contribution is 2.34. The molecule has 0 radical (unpaired) electrons. The number of nitrogens with one attached hydrogen (secondary N) is 2. The summed E-state index contributed by atoms with van der Waals surface area (Å²) in [6.45, 7) is 1.70. The molecule has 1 atom stereocenters. The lowest BCUT2D eigenvalue weighted by molar-refractivity contribution is 0.0743. The van der Waals surface area contributed by atoms with E-state index >= 15 is 0 Å². The van der Waals surface area contributed by atoms with Crippen LogP contribution in [-0.2, 0) is 16.3 Å². The molecule has 39 heavy (non-hydrogen) atoms. The number of piperidine rings is 1. The molecule has 2 heterocycles. The Balaban J connectivity index is 1.63. The molecule has 1 saturated carbocycles. The molecule has 1 unspecified atom stereocenters. The van der Waals surface area contributed by atoms with Gasteiger partial charge in [0.25, 0.3) is 5.91 Å². The summed E-state index contributed by atoms with van der Waals surface area (Å²) >= 11 is 19.0. The quantitative estimate of drug-likeness (QED) is 0.295. The molecule has 0 spiro atoms. The first kappa shape index (κ1) is 28.5. The predicted molar refractivity (Wildman–Crippen MR) is 161 cm³/mol. The minimum absolute atomic E-state index is 0.00265. The number of carbonyl (C=O) groups is 1. The highest BCUT2D eigenvalue weighted by Gasteiger charge is 2.29. The predicted octanol–water partition coefficient (Wildman–Crippen LogP) is 6.29. The van der Waals surface area contributed by atoms with Crippen LogP contribution >= 0.6 is 34.8 Å². The zero-order valence-corrected chi connectivity index (χ0v) is 24.7. The van der Waals surface area contributed by atoms with E-state index in [9.17, 15) is 9.00 Å². The molecule has 1 saturated heterocycles. The smallest absolute Gasteiger partial charge is 0.283 e. The van der Waals surface area contributed by atoms with Gasteiger partial charge in [0.15, 0.2) is 5.69 Å². The van der Waals surface area contributed by atoms with Crippen LogP contribution in [0.3, 0.4) is 0 Å². The van der Waals surface area contributed by atoms with Gasteiger partial charge in [0.2, 0.25) is 0 Å². The van der Waals surface area contributed by atoms with Crippen LogP contribution in [0.1, 0.15) is 61.0 Å². The van der Waals surface area contributed by atoms with Gasteiger partial charge in [0.1, 0.15) is 0 Å². The Bertz CT molecular complexity index is 1440. The summed E-state index contributed by atoms with van der Waals surface area (Å²) in [6.07, 6.45) is 7.03. The first-order valence-electron chi connectivity index (χ1n) is 13.2. The number of hydrazine groups is 1. The Morgan fingerprint density at radius 2 is 1.64 bits per heavy atom. The van der Waals surface area contributed by atoms with Crippen molar-refractivity contribution in [3.8, 4) is 16.9 Å². The second-order valence-corrected chi connectivity index (χ2v) is 13.8. The Morgan fingerprint density at radius 1 is 0.974 bits per heavy atom. The summed E-state index contributed by atoms with van der Waals surface area (Å²) < 4.78 is 18.5. The number of amides is 1. The third kappa shape index (κ3) is 6.47. The molecule has 2 aliphatic rings. The van der Waals surface area contributed by atoms with Crippen molar-refractivity contribution in [2.24, 2.45) is 0 Å². The van der Waals surface area contributed by atoms with Crippen LogP contribution in [0.5, 0.6) is 0 Å². The van der Waals surface area contributed by atoms with Crippen LogP contribution < -0.4 is 10.1 Å². The molecule has 1 amide bonds. The minimum Gasteiger partial charge on any atom is -0.283 e. The van der Waals surface area contributed by atoms with Crippen molar-refractivity contribution in [2.45, 2.75) is 56.7 Å². The molecule has 1 aliphatic carbocycles. The average Bonchev–Trinajstić information content (AvgIpc) is 3.58. The van der Waals surface area contributed by atoms with E-state index in [1.807, 2.05) is 17.1 Å². The van der Waals surface area contributed by atoms with Crippen LogP contribution in [-0.4, -0.2) is 49.1 Å². The fourth-order valence-corrected chi connectivity index (χ4v) is 7.65. The van der Waals surface area contributed by atoms with E-state index in [0.717, 1.165) is 63.6 Å². The van der Waals surface area contributed by atoms with Crippen molar-refractivity contribution in [1.82, 2.24) is 24.9 Å². The molecular formula is C28H32Cl3N5O2S. The van der Waals surface area contributed by atoms with Crippen molar-refractivity contribution in [3.05, 3.63) is 68.8 Å². The van der Waals surface area contributed by atoms with Crippen molar-refractivity contribution < 1.29 is 9.00 Å². The molecule has 3 aromatic rings. The lowest BCUT2D eigenvalue weighted by Crippen LogP contribution is -2.45. The Kier molecular flexibility index (Phi) is 8.91. The number of nitrogens with zero attached hydrogens (tertiary/aromatic N) is 3. The van der Waals surface area contributed by atoms with E-state index in [1.165, 1.54) is 0 Å². The second kappa shape index (κ2) is 12.2. The summed E-state index contributed by atoms with van der Waals surface area (Å²) in [4.78, 5) is 13.7. The van der Waals surface area contributed by atoms with Gasteiger partial charge < -0.3 is 0 Å². The molecule has 1 aromatic heterocycles. The summed E-state index contributed by atoms with van der Waals surface area (Å²) in [5.74, 6) is 3.74. The number of hydrogen-bond acceptors (Lipinski definition) is 4. The van der Waals surface area contributed by atoms with E-state index < -0.39 is 9.71 Å². The maximum atomic E-state index is 13.7. The molecule has 0 bridgehead atoms. The van der Waals surface area contributed by atoms with E-state index in [0.29, 0.717) is 32.0 Å². The number of rotatable bonds is 8. The first-order valence-corrected chi connectivity index (χ1v) is 16.2. The third-order valence-electron chi connectivity index (χ3n) is 7.40. The molecule has 11 heteroatoms. The Hall–Kier alpha value is -2.07. The normalized spacial score (nSPS) is 18.2. The maximum absolute atomic E-state index is 13.7. The third-order valence-corrected chi connectivity index (χ3v) is 10.4. The van der Waals surface area contributed by atoms with Crippen LogP contribution in [0.4, 0.5) is 0 Å². The van der Waals surface area contributed by atoms with Gasteiger partial charge in [-0.2, -0.15) is 5.10 Å². The summed E-state index contributed by atoms with van der Waals surface area (Å²) in [5.41, 5.74) is 5.86. The molecule has 5 rings (SSSR count). The lowest BCUT2D eigenvalue weighted by atomic mass is 10.0. The highest BCUT2D eigenvalue weighted by atomic mass is 35.5.